The maximum atomic E-state index is 11.0. The quantitative estimate of drug-likeness (QED) is 0.255. The first-order valence-corrected chi connectivity index (χ1v) is 5.53. The van der Waals surface area contributed by atoms with Crippen molar-refractivity contribution < 1.29 is 72.4 Å². The van der Waals surface area contributed by atoms with Crippen LogP contribution in [0.2, 0.25) is 0 Å². The molecule has 0 amide bonds. The monoisotopic (exact) mass is 300 g/mol. The zero-order valence-corrected chi connectivity index (χ0v) is 12.2. The van der Waals surface area contributed by atoms with E-state index >= 15 is 0 Å². The summed E-state index contributed by atoms with van der Waals surface area (Å²) in [5.41, 5.74) is -1.25. The van der Waals surface area contributed by atoms with Crippen LogP contribution >= 0.6 is 0 Å². The van der Waals surface area contributed by atoms with Crippen LogP contribution in [0.1, 0.15) is 20.7 Å². The predicted octanol–water partition coefficient (Wildman–Crippen LogP) is -3.15. The molecule has 0 aliphatic heterocycles. The van der Waals surface area contributed by atoms with E-state index in [9.17, 15) is 22.6 Å². The summed E-state index contributed by atoms with van der Waals surface area (Å²) >= 11 is 0. The summed E-state index contributed by atoms with van der Waals surface area (Å²) in [7, 11) is -5.10. The van der Waals surface area contributed by atoms with Gasteiger partial charge >= 0.3 is 41.5 Å². The normalized spacial score (nSPS) is 10.3. The van der Waals surface area contributed by atoms with Crippen LogP contribution < -0.4 is 29.6 Å². The fourth-order valence-electron chi connectivity index (χ4n) is 1.13. The average molecular weight is 300 g/mol. The topological polar surface area (TPSA) is 150 Å². The van der Waals surface area contributed by atoms with Crippen LogP contribution in [0.25, 0.3) is 0 Å². The van der Waals surface area contributed by atoms with Crippen LogP contribution in [0.3, 0.4) is 0 Å². The van der Waals surface area contributed by atoms with E-state index in [1.807, 2.05) is 0 Å². The summed E-state index contributed by atoms with van der Waals surface area (Å²) in [5, 5.41) is 16.2. The van der Waals surface area contributed by atoms with E-state index in [-0.39, 0.29) is 29.6 Å². The summed E-state index contributed by atoms with van der Waals surface area (Å²) in [4.78, 5) is 27.4. The van der Waals surface area contributed by atoms with Gasteiger partial charge in [-0.2, -0.15) is 10.5 Å². The van der Waals surface area contributed by atoms with Crippen molar-refractivity contribution in [3.8, 4) is 0 Å². The fourth-order valence-corrected chi connectivity index (χ4v) is 1.82. The minimum absolute atomic E-state index is 0. The van der Waals surface area contributed by atoms with Crippen LogP contribution in [-0.4, -0.2) is 35.4 Å². The van der Waals surface area contributed by atoms with Crippen molar-refractivity contribution in [3.63, 3.8) is 0 Å². The van der Waals surface area contributed by atoms with Crippen LogP contribution in [0.4, 0.5) is 0 Å². The summed E-state index contributed by atoms with van der Waals surface area (Å²) in [6.45, 7) is 0. The number of carbonyl (C=O) groups excluding carboxylic acids is 2. The van der Waals surface area contributed by atoms with Crippen molar-refractivity contribution in [2.45, 2.75) is 4.90 Å². The average Bonchev–Trinajstić information content (AvgIpc) is 2.35. The molecule has 19 heavy (non-hydrogen) atoms. The molecule has 0 aliphatic carbocycles. The molecule has 1 rings (SSSR count). The smallest absolute Gasteiger partial charge is 0.744 e. The summed E-state index contributed by atoms with van der Waals surface area (Å²) in [6, 6.07) is 2.14. The number of hydrogen-bond donors (Lipinski definition) is 2. The Morgan fingerprint density at radius 3 is 2.05 bits per heavy atom. The molecule has 0 atom stereocenters. The van der Waals surface area contributed by atoms with E-state index in [0.29, 0.717) is 6.07 Å². The Bertz CT molecular complexity index is 594. The molecule has 0 aromatic heterocycles. The van der Waals surface area contributed by atoms with Gasteiger partial charge in [-0.1, -0.05) is 0 Å². The van der Waals surface area contributed by atoms with Gasteiger partial charge in [0.1, 0.15) is 10.1 Å². The van der Waals surface area contributed by atoms with Gasteiger partial charge in [0.15, 0.2) is 0 Å². The van der Waals surface area contributed by atoms with Crippen LogP contribution in [-0.2, 0) is 19.9 Å². The predicted molar refractivity (Wildman–Crippen MR) is 50.5 cm³/mol. The fraction of sp³-hybridized carbons (Fsp3) is 0. The SMILES string of the molecule is O=C(OO)c1ccc(C(=O)OO)c(S(=O)(=O)[O-])c1.[Na+]. The van der Waals surface area contributed by atoms with E-state index < -0.39 is 38.1 Å². The van der Waals surface area contributed by atoms with Crippen LogP contribution in [0.15, 0.2) is 23.1 Å². The minimum Gasteiger partial charge on any atom is -0.744 e. The second-order valence-corrected chi connectivity index (χ2v) is 4.27. The van der Waals surface area contributed by atoms with Gasteiger partial charge in [0.2, 0.25) is 0 Å². The molecule has 11 heteroatoms. The Balaban J connectivity index is 0.00000324. The Morgan fingerprint density at radius 2 is 1.63 bits per heavy atom. The zero-order valence-electron chi connectivity index (χ0n) is 9.39. The molecule has 0 heterocycles. The third-order valence-electron chi connectivity index (χ3n) is 1.87. The number of benzene rings is 1. The molecule has 0 bridgehead atoms. The van der Waals surface area contributed by atoms with E-state index in [2.05, 4.69) is 9.78 Å². The number of rotatable bonds is 3. The molecular weight excluding hydrogens is 295 g/mol. The van der Waals surface area contributed by atoms with E-state index in [4.69, 9.17) is 10.5 Å². The Morgan fingerprint density at radius 1 is 1.11 bits per heavy atom. The first-order valence-electron chi connectivity index (χ1n) is 4.12. The molecule has 0 aliphatic rings. The Hall–Kier alpha value is -1.01. The van der Waals surface area contributed by atoms with E-state index in [1.54, 1.807) is 0 Å². The van der Waals surface area contributed by atoms with Gasteiger partial charge < -0.3 is 4.55 Å². The van der Waals surface area contributed by atoms with Crippen molar-refractivity contribution in [1.82, 2.24) is 0 Å². The first-order chi connectivity index (χ1) is 8.31. The molecule has 9 nitrogen and oxygen atoms in total. The maximum Gasteiger partial charge on any atom is 1.00 e. The standard InChI is InChI=1S/C8H6O9S.Na/c9-7(16-11)4-1-2-5(8(10)17-12)6(3-4)18(13,14)15;/h1-3,11-12H,(H,13,14,15);/q;+1/p-1. The molecule has 0 radical (unpaired) electrons. The summed E-state index contributed by atoms with van der Waals surface area (Å²) in [5.74, 6) is -2.82. The van der Waals surface area contributed by atoms with Crippen LogP contribution in [0, 0.1) is 0 Å². The molecule has 0 spiro atoms. The zero-order chi connectivity index (χ0) is 13.9. The molecular formula is C8H5NaO9S. The number of carbonyl (C=O) groups is 2. The van der Waals surface area contributed by atoms with Crippen LogP contribution in [0.5, 0.6) is 0 Å². The molecule has 1 aromatic rings. The third-order valence-corrected chi connectivity index (χ3v) is 2.75. The van der Waals surface area contributed by atoms with Gasteiger partial charge in [-0.25, -0.2) is 18.0 Å². The second kappa shape index (κ2) is 6.96. The van der Waals surface area contributed by atoms with Gasteiger partial charge in [0, 0.05) is 0 Å². The van der Waals surface area contributed by atoms with Crippen molar-refractivity contribution >= 4 is 22.1 Å². The van der Waals surface area contributed by atoms with Crippen molar-refractivity contribution in [2.24, 2.45) is 0 Å². The third kappa shape index (κ3) is 4.24. The Kier molecular flexibility index (Phi) is 6.59. The summed E-state index contributed by atoms with van der Waals surface area (Å²) in [6.07, 6.45) is 0. The van der Waals surface area contributed by atoms with Gasteiger partial charge in [-0.3, -0.25) is 9.78 Å². The molecule has 98 valence electrons. The van der Waals surface area contributed by atoms with Crippen molar-refractivity contribution in [3.05, 3.63) is 29.3 Å². The summed E-state index contributed by atoms with van der Waals surface area (Å²) < 4.78 is 32.6. The molecule has 1 aromatic carbocycles. The first kappa shape index (κ1) is 18.0. The largest absolute Gasteiger partial charge is 1.00 e. The minimum atomic E-state index is -5.10. The molecule has 0 fully saturated rings. The van der Waals surface area contributed by atoms with Gasteiger partial charge in [0.05, 0.1) is 16.0 Å². The second-order valence-electron chi connectivity index (χ2n) is 2.92. The van der Waals surface area contributed by atoms with Gasteiger partial charge in [-0.05, 0) is 18.2 Å². The van der Waals surface area contributed by atoms with Gasteiger partial charge in [0.25, 0.3) is 0 Å². The molecule has 0 saturated heterocycles. The van der Waals surface area contributed by atoms with Crippen molar-refractivity contribution in [2.75, 3.05) is 0 Å². The van der Waals surface area contributed by atoms with Crippen molar-refractivity contribution in [1.29, 1.82) is 0 Å². The Labute approximate surface area is 128 Å². The maximum absolute atomic E-state index is 11.0. The van der Waals surface area contributed by atoms with Gasteiger partial charge in [-0.15, -0.1) is 0 Å². The number of hydrogen-bond acceptors (Lipinski definition) is 9. The van der Waals surface area contributed by atoms with E-state index in [1.165, 1.54) is 0 Å². The molecule has 0 unspecified atom stereocenters. The van der Waals surface area contributed by atoms with E-state index in [0.717, 1.165) is 12.1 Å². The molecule has 2 N–H and O–H groups in total. The molecule has 0 saturated carbocycles.